The first-order chi connectivity index (χ1) is 9.20. The van der Waals surface area contributed by atoms with Gasteiger partial charge in [-0.25, -0.2) is 0 Å². The SMILES string of the molecule is CCn1cc(NC(=O)C2(CN)CCCCCC2)cn1. The van der Waals surface area contributed by atoms with Crippen molar-refractivity contribution in [2.24, 2.45) is 11.1 Å². The van der Waals surface area contributed by atoms with Gasteiger partial charge in [0.15, 0.2) is 0 Å². The van der Waals surface area contributed by atoms with Crippen molar-refractivity contribution in [2.75, 3.05) is 11.9 Å². The van der Waals surface area contributed by atoms with E-state index < -0.39 is 0 Å². The number of aromatic nitrogens is 2. The number of nitrogens with one attached hydrogen (secondary N) is 1. The van der Waals surface area contributed by atoms with Crippen LogP contribution in [0.2, 0.25) is 0 Å². The molecule has 1 aromatic heterocycles. The summed E-state index contributed by atoms with van der Waals surface area (Å²) in [7, 11) is 0. The van der Waals surface area contributed by atoms with E-state index in [1.807, 2.05) is 13.1 Å². The van der Waals surface area contributed by atoms with Gasteiger partial charge in [-0.15, -0.1) is 0 Å². The summed E-state index contributed by atoms with van der Waals surface area (Å²) in [5, 5.41) is 7.15. The summed E-state index contributed by atoms with van der Waals surface area (Å²) < 4.78 is 1.80. The third-order valence-electron chi connectivity index (χ3n) is 4.15. The second kappa shape index (κ2) is 6.19. The second-order valence-electron chi connectivity index (χ2n) is 5.44. The third-order valence-corrected chi connectivity index (χ3v) is 4.15. The highest BCUT2D eigenvalue weighted by molar-refractivity contribution is 5.95. The monoisotopic (exact) mass is 264 g/mol. The van der Waals surface area contributed by atoms with Crippen molar-refractivity contribution in [3.63, 3.8) is 0 Å². The summed E-state index contributed by atoms with van der Waals surface area (Å²) in [6.07, 6.45) is 9.97. The smallest absolute Gasteiger partial charge is 0.231 e. The Hall–Kier alpha value is -1.36. The molecular weight excluding hydrogens is 240 g/mol. The van der Waals surface area contributed by atoms with Gasteiger partial charge in [-0.3, -0.25) is 9.48 Å². The van der Waals surface area contributed by atoms with Crippen LogP contribution in [0, 0.1) is 5.41 Å². The average molecular weight is 264 g/mol. The van der Waals surface area contributed by atoms with Crippen LogP contribution < -0.4 is 11.1 Å². The summed E-state index contributed by atoms with van der Waals surface area (Å²) in [6.45, 7) is 3.25. The first-order valence-electron chi connectivity index (χ1n) is 7.24. The lowest BCUT2D eigenvalue weighted by Gasteiger charge is -2.29. The van der Waals surface area contributed by atoms with Crippen LogP contribution in [0.1, 0.15) is 45.4 Å². The van der Waals surface area contributed by atoms with Crippen molar-refractivity contribution in [3.8, 4) is 0 Å². The normalized spacial score (nSPS) is 18.8. The van der Waals surface area contributed by atoms with Crippen molar-refractivity contribution in [1.29, 1.82) is 0 Å². The van der Waals surface area contributed by atoms with Crippen molar-refractivity contribution < 1.29 is 4.79 Å². The van der Waals surface area contributed by atoms with E-state index in [1.54, 1.807) is 10.9 Å². The van der Waals surface area contributed by atoms with Gasteiger partial charge < -0.3 is 11.1 Å². The van der Waals surface area contributed by atoms with Gasteiger partial charge in [0.05, 0.1) is 17.3 Å². The highest BCUT2D eigenvalue weighted by Gasteiger charge is 2.37. The standard InChI is InChI=1S/C14H24N4O/c1-2-18-10-12(9-16-18)17-13(19)14(11-15)7-5-3-4-6-8-14/h9-10H,2-8,11,15H2,1H3,(H,17,19). The zero-order valence-electron chi connectivity index (χ0n) is 11.7. The average Bonchev–Trinajstić information content (AvgIpc) is 2.74. The predicted octanol–water partition coefficient (Wildman–Crippen LogP) is 2.14. The Labute approximate surface area is 114 Å². The van der Waals surface area contributed by atoms with Gasteiger partial charge in [-0.2, -0.15) is 5.10 Å². The first kappa shape index (κ1) is 14.1. The largest absolute Gasteiger partial charge is 0.329 e. The second-order valence-corrected chi connectivity index (χ2v) is 5.44. The molecule has 106 valence electrons. The molecule has 0 spiro atoms. The van der Waals surface area contributed by atoms with Crippen LogP contribution in [0.25, 0.3) is 0 Å². The van der Waals surface area contributed by atoms with E-state index in [0.29, 0.717) is 6.54 Å². The van der Waals surface area contributed by atoms with Crippen molar-refractivity contribution in [3.05, 3.63) is 12.4 Å². The van der Waals surface area contributed by atoms with Crippen LogP contribution in [-0.2, 0) is 11.3 Å². The van der Waals surface area contributed by atoms with Crippen LogP contribution in [0.4, 0.5) is 5.69 Å². The summed E-state index contributed by atoms with van der Waals surface area (Å²) in [5.41, 5.74) is 6.30. The predicted molar refractivity (Wildman–Crippen MR) is 75.7 cm³/mol. The number of anilines is 1. The van der Waals surface area contributed by atoms with E-state index in [-0.39, 0.29) is 11.3 Å². The minimum absolute atomic E-state index is 0.0625. The maximum atomic E-state index is 12.5. The Bertz CT molecular complexity index is 419. The fourth-order valence-electron chi connectivity index (χ4n) is 2.79. The molecule has 1 aromatic rings. The van der Waals surface area contributed by atoms with E-state index in [1.165, 1.54) is 12.8 Å². The van der Waals surface area contributed by atoms with E-state index >= 15 is 0 Å². The third kappa shape index (κ3) is 3.15. The topological polar surface area (TPSA) is 72.9 Å². The van der Waals surface area contributed by atoms with Crippen molar-refractivity contribution in [1.82, 2.24) is 9.78 Å². The Balaban J connectivity index is 2.07. The molecule has 2 rings (SSSR count). The van der Waals surface area contributed by atoms with Gasteiger partial charge in [0.1, 0.15) is 0 Å². The van der Waals surface area contributed by atoms with Gasteiger partial charge >= 0.3 is 0 Å². The first-order valence-corrected chi connectivity index (χ1v) is 7.24. The number of nitrogens with two attached hydrogens (primary N) is 1. The fraction of sp³-hybridized carbons (Fsp3) is 0.714. The highest BCUT2D eigenvalue weighted by Crippen LogP contribution is 2.35. The number of amides is 1. The summed E-state index contributed by atoms with van der Waals surface area (Å²) in [4.78, 5) is 12.5. The molecule has 0 radical (unpaired) electrons. The fourth-order valence-corrected chi connectivity index (χ4v) is 2.79. The summed E-state index contributed by atoms with van der Waals surface area (Å²) >= 11 is 0. The molecule has 1 aliphatic carbocycles. The Kier molecular flexibility index (Phi) is 4.58. The molecule has 0 unspecified atom stereocenters. The van der Waals surface area contributed by atoms with E-state index in [0.717, 1.165) is 37.9 Å². The Morgan fingerprint density at radius 3 is 2.63 bits per heavy atom. The maximum Gasteiger partial charge on any atom is 0.231 e. The minimum atomic E-state index is -0.384. The molecule has 3 N–H and O–H groups in total. The zero-order chi connectivity index (χ0) is 13.7. The molecule has 0 bridgehead atoms. The zero-order valence-corrected chi connectivity index (χ0v) is 11.7. The lowest BCUT2D eigenvalue weighted by molar-refractivity contribution is -0.125. The molecule has 0 aromatic carbocycles. The van der Waals surface area contributed by atoms with Crippen LogP contribution in [0.15, 0.2) is 12.4 Å². The summed E-state index contributed by atoms with van der Waals surface area (Å²) in [6, 6.07) is 0. The van der Waals surface area contributed by atoms with E-state index in [2.05, 4.69) is 10.4 Å². The lowest BCUT2D eigenvalue weighted by Crippen LogP contribution is -2.42. The van der Waals surface area contributed by atoms with Crippen molar-refractivity contribution >= 4 is 11.6 Å². The number of carbonyl (C=O) groups excluding carboxylic acids is 1. The molecule has 0 saturated heterocycles. The van der Waals surface area contributed by atoms with Crippen LogP contribution in [0.3, 0.4) is 0 Å². The van der Waals surface area contributed by atoms with Crippen LogP contribution in [-0.4, -0.2) is 22.2 Å². The lowest BCUT2D eigenvalue weighted by atomic mass is 9.79. The molecule has 1 heterocycles. The number of hydrogen-bond acceptors (Lipinski definition) is 3. The molecule has 1 amide bonds. The van der Waals surface area contributed by atoms with Crippen LogP contribution >= 0.6 is 0 Å². The Morgan fingerprint density at radius 2 is 2.11 bits per heavy atom. The number of carbonyl (C=O) groups is 1. The van der Waals surface area contributed by atoms with Gasteiger partial charge in [-0.05, 0) is 19.8 Å². The molecule has 5 heteroatoms. The molecule has 0 aliphatic heterocycles. The molecule has 1 aliphatic rings. The summed E-state index contributed by atoms with van der Waals surface area (Å²) in [5.74, 6) is 0.0625. The number of rotatable bonds is 4. The number of nitrogens with zero attached hydrogens (tertiary/aromatic N) is 2. The molecular formula is C14H24N4O. The van der Waals surface area contributed by atoms with E-state index in [9.17, 15) is 4.79 Å². The molecule has 0 atom stereocenters. The highest BCUT2D eigenvalue weighted by atomic mass is 16.2. The van der Waals surface area contributed by atoms with Gasteiger partial charge in [0.25, 0.3) is 0 Å². The minimum Gasteiger partial charge on any atom is -0.329 e. The van der Waals surface area contributed by atoms with Crippen LogP contribution in [0.5, 0.6) is 0 Å². The number of hydrogen-bond donors (Lipinski definition) is 2. The molecule has 1 fully saturated rings. The molecule has 19 heavy (non-hydrogen) atoms. The quantitative estimate of drug-likeness (QED) is 0.818. The molecule has 1 saturated carbocycles. The van der Waals surface area contributed by atoms with Crippen molar-refractivity contribution in [2.45, 2.75) is 52.0 Å². The van der Waals surface area contributed by atoms with Gasteiger partial charge in [0, 0.05) is 19.3 Å². The maximum absolute atomic E-state index is 12.5. The van der Waals surface area contributed by atoms with Gasteiger partial charge in [0.2, 0.25) is 5.91 Å². The number of aryl methyl sites for hydroxylation is 1. The molecule has 5 nitrogen and oxygen atoms in total. The van der Waals surface area contributed by atoms with E-state index in [4.69, 9.17) is 5.73 Å². The van der Waals surface area contributed by atoms with Gasteiger partial charge in [-0.1, -0.05) is 25.7 Å². The Morgan fingerprint density at radius 1 is 1.42 bits per heavy atom.